The Morgan fingerprint density at radius 3 is 1.82 bits per heavy atom. The maximum absolute atomic E-state index is 10.2. The number of thioether (sulfide) groups is 2. The first-order chi connectivity index (χ1) is 13.7. The molecule has 1 aromatic rings. The molecule has 1 aromatic carbocycles. The van der Waals surface area contributed by atoms with Crippen molar-refractivity contribution in [1.82, 2.24) is 0 Å². The van der Waals surface area contributed by atoms with Crippen molar-refractivity contribution in [2.24, 2.45) is 0 Å². The lowest BCUT2D eigenvalue weighted by Crippen LogP contribution is -1.90. The quantitative estimate of drug-likeness (QED) is 0.794. The lowest BCUT2D eigenvalue weighted by Gasteiger charge is -2.08. The molecular weight excluding hydrogens is 380 g/mol. The van der Waals surface area contributed by atoms with Crippen LogP contribution in [-0.2, 0) is 11.5 Å². The van der Waals surface area contributed by atoms with Gasteiger partial charge in [-0.2, -0.15) is 0 Å². The highest BCUT2D eigenvalue weighted by Crippen LogP contribution is 2.28. The molecule has 1 N–H and O–H groups in total. The largest absolute Gasteiger partial charge is 0.507 e. The maximum Gasteiger partial charge on any atom is 0.122 e. The first-order valence-electron chi connectivity index (χ1n) is 7.65. The van der Waals surface area contributed by atoms with Gasteiger partial charge in [-0.05, 0) is 99.6 Å². The number of hydrogen-bond donors (Lipinski definition) is 1. The second-order valence-electron chi connectivity index (χ2n) is 4.74. The highest BCUT2D eigenvalue weighted by atomic mass is 32.2. The van der Waals surface area contributed by atoms with Gasteiger partial charge >= 0.3 is 0 Å². The predicted molar refractivity (Wildman–Crippen MR) is 120 cm³/mol. The summed E-state index contributed by atoms with van der Waals surface area (Å²) in [6.07, 6.45) is 9.96. The fraction of sp³-hybridized carbons (Fsp3) is 0.120. The minimum Gasteiger partial charge on any atom is -0.507 e. The zero-order valence-electron chi connectivity index (χ0n) is 15.0. The number of aryl methyl sites for hydroxylation is 1. The molecule has 0 fully saturated rings. The second-order valence-corrected chi connectivity index (χ2v) is 6.30. The van der Waals surface area contributed by atoms with Crippen molar-refractivity contribution < 1.29 is 5.11 Å². The SMILES string of the molecule is C#CC#CC#CC#CSCc1cc(C)c(O)c(CSC#CC#CC#CC#C)c1. The maximum atomic E-state index is 10.2. The van der Waals surface area contributed by atoms with Gasteiger partial charge in [0.2, 0.25) is 0 Å². The van der Waals surface area contributed by atoms with Crippen molar-refractivity contribution >= 4 is 23.5 Å². The van der Waals surface area contributed by atoms with E-state index < -0.39 is 0 Å². The molecule has 0 aromatic heterocycles. The van der Waals surface area contributed by atoms with Crippen molar-refractivity contribution in [3.05, 3.63) is 28.8 Å². The van der Waals surface area contributed by atoms with E-state index >= 15 is 0 Å². The molecule has 0 heterocycles. The van der Waals surface area contributed by atoms with Crippen LogP contribution < -0.4 is 0 Å². The van der Waals surface area contributed by atoms with Gasteiger partial charge in [0.1, 0.15) is 5.75 Å². The summed E-state index contributed by atoms with van der Waals surface area (Å²) in [5, 5.41) is 16.0. The van der Waals surface area contributed by atoms with Gasteiger partial charge in [0.05, 0.1) is 0 Å². The molecule has 0 amide bonds. The normalized spacial score (nSPS) is 7.11. The highest BCUT2D eigenvalue weighted by Gasteiger charge is 2.07. The average molecular weight is 393 g/mol. The molecule has 1 rings (SSSR count). The van der Waals surface area contributed by atoms with E-state index in [1.54, 1.807) is 0 Å². The van der Waals surface area contributed by atoms with Gasteiger partial charge in [0, 0.05) is 17.1 Å². The summed E-state index contributed by atoms with van der Waals surface area (Å²) < 4.78 is 0. The molecule has 0 aliphatic carbocycles. The summed E-state index contributed by atoms with van der Waals surface area (Å²) in [6, 6.07) is 3.88. The summed E-state index contributed by atoms with van der Waals surface area (Å²) in [5.74, 6) is 31.2. The molecule has 0 atom stereocenters. The molecule has 0 saturated carbocycles. The van der Waals surface area contributed by atoms with E-state index in [0.29, 0.717) is 11.5 Å². The number of hydrogen-bond acceptors (Lipinski definition) is 3. The van der Waals surface area contributed by atoms with E-state index in [2.05, 4.69) is 81.6 Å². The van der Waals surface area contributed by atoms with Crippen LogP contribution in [0.2, 0.25) is 0 Å². The van der Waals surface area contributed by atoms with Crippen molar-refractivity contribution in [2.75, 3.05) is 0 Å². The summed E-state index contributed by atoms with van der Waals surface area (Å²) in [6.45, 7) is 1.86. The van der Waals surface area contributed by atoms with Crippen LogP contribution in [0.25, 0.3) is 0 Å². The Bertz CT molecular complexity index is 1180. The van der Waals surface area contributed by atoms with Gasteiger partial charge in [0.15, 0.2) is 0 Å². The van der Waals surface area contributed by atoms with Crippen LogP contribution in [0.5, 0.6) is 5.75 Å². The van der Waals surface area contributed by atoms with Crippen molar-refractivity contribution in [2.45, 2.75) is 18.4 Å². The zero-order chi connectivity index (χ0) is 20.5. The van der Waals surface area contributed by atoms with Crippen molar-refractivity contribution in [3.63, 3.8) is 0 Å². The van der Waals surface area contributed by atoms with Gasteiger partial charge in [-0.3, -0.25) is 0 Å². The van der Waals surface area contributed by atoms with Crippen LogP contribution in [-0.4, -0.2) is 5.11 Å². The number of phenols is 1. The van der Waals surface area contributed by atoms with Crippen LogP contribution in [0.3, 0.4) is 0 Å². The summed E-state index contributed by atoms with van der Waals surface area (Å²) in [5.41, 5.74) is 2.68. The molecule has 3 heteroatoms. The van der Waals surface area contributed by atoms with E-state index in [1.165, 1.54) is 23.5 Å². The Hall–Kier alpha value is -3.80. The Kier molecular flexibility index (Phi) is 11.4. The molecule has 1 nitrogen and oxygen atoms in total. The topological polar surface area (TPSA) is 20.2 Å². The predicted octanol–water partition coefficient (Wildman–Crippen LogP) is 3.37. The van der Waals surface area contributed by atoms with Gasteiger partial charge in [-0.25, -0.2) is 0 Å². The molecule has 0 unspecified atom stereocenters. The molecule has 0 bridgehead atoms. The molecule has 0 aliphatic rings. The number of aromatic hydroxyl groups is 1. The third-order valence-corrected chi connectivity index (χ3v) is 4.22. The van der Waals surface area contributed by atoms with Crippen molar-refractivity contribution in [1.29, 1.82) is 0 Å². The monoisotopic (exact) mass is 392 g/mol. The van der Waals surface area contributed by atoms with E-state index in [1.807, 2.05) is 19.1 Å². The summed E-state index contributed by atoms with van der Waals surface area (Å²) >= 11 is 2.77. The third-order valence-electron chi connectivity index (χ3n) is 2.80. The smallest absolute Gasteiger partial charge is 0.122 e. The third kappa shape index (κ3) is 9.62. The van der Waals surface area contributed by atoms with Gasteiger partial charge in [-0.15, -0.1) is 12.8 Å². The van der Waals surface area contributed by atoms with E-state index in [-0.39, 0.29) is 5.75 Å². The Morgan fingerprint density at radius 2 is 1.25 bits per heavy atom. The standard InChI is InChI=1S/C25H12OS2/c1-4-6-8-10-12-14-16-27-20-23-18-22(3)25(26)24(19-23)21-28-17-15-13-11-9-7-5-2/h1-2,18-19,26H,20-21H2,3H3. The fourth-order valence-electron chi connectivity index (χ4n) is 1.74. The van der Waals surface area contributed by atoms with Crippen LogP contribution in [0.15, 0.2) is 12.1 Å². The minimum absolute atomic E-state index is 0.276. The Morgan fingerprint density at radius 1 is 0.750 bits per heavy atom. The van der Waals surface area contributed by atoms with E-state index in [4.69, 9.17) is 12.8 Å². The summed E-state index contributed by atoms with van der Waals surface area (Å²) in [4.78, 5) is 0. The second kappa shape index (κ2) is 14.4. The van der Waals surface area contributed by atoms with E-state index in [0.717, 1.165) is 16.7 Å². The zero-order valence-corrected chi connectivity index (χ0v) is 16.6. The van der Waals surface area contributed by atoms with Crippen LogP contribution in [0.4, 0.5) is 0 Å². The molecule has 28 heavy (non-hydrogen) atoms. The van der Waals surface area contributed by atoms with Gasteiger partial charge in [-0.1, -0.05) is 35.7 Å². The lowest BCUT2D eigenvalue weighted by atomic mass is 10.1. The molecule has 0 radical (unpaired) electrons. The van der Waals surface area contributed by atoms with Gasteiger partial charge in [0.25, 0.3) is 0 Å². The minimum atomic E-state index is 0.276. The highest BCUT2D eigenvalue weighted by molar-refractivity contribution is 8.03. The molecule has 0 saturated heterocycles. The molecule has 0 spiro atoms. The van der Waals surface area contributed by atoms with Gasteiger partial charge < -0.3 is 5.11 Å². The Labute approximate surface area is 175 Å². The van der Waals surface area contributed by atoms with Crippen molar-refractivity contribution in [3.8, 4) is 100 Å². The Balaban J connectivity index is 2.69. The number of rotatable bonds is 4. The molecular formula is C25H12OS2. The average Bonchev–Trinajstić information content (AvgIpc) is 2.69. The first kappa shape index (κ1) is 22.2. The fourth-order valence-corrected chi connectivity index (χ4v) is 2.84. The van der Waals surface area contributed by atoms with Crippen LogP contribution in [0.1, 0.15) is 16.7 Å². The van der Waals surface area contributed by atoms with E-state index in [9.17, 15) is 5.11 Å². The summed E-state index contributed by atoms with van der Waals surface area (Å²) in [7, 11) is 0. The van der Waals surface area contributed by atoms with Crippen LogP contribution >= 0.6 is 23.5 Å². The molecule has 130 valence electrons. The molecule has 0 aliphatic heterocycles. The number of terminal acetylenes is 2. The van der Waals surface area contributed by atoms with Crippen LogP contribution in [0, 0.1) is 101 Å². The number of benzene rings is 1. The number of phenolic OH excluding ortho intramolecular Hbond substituents is 1. The first-order valence-corrected chi connectivity index (χ1v) is 9.62. The lowest BCUT2D eigenvalue weighted by molar-refractivity contribution is 0.466.